The Hall–Kier alpha value is -3.79. The van der Waals surface area contributed by atoms with Crippen LogP contribution in [0.4, 0.5) is 4.79 Å². The quantitative estimate of drug-likeness (QED) is 0.644. The summed E-state index contributed by atoms with van der Waals surface area (Å²) < 4.78 is 5.58. The zero-order chi connectivity index (χ0) is 24.2. The Morgan fingerprint density at radius 1 is 1.09 bits per heavy atom. The molecule has 2 amide bonds. The van der Waals surface area contributed by atoms with Gasteiger partial charge in [0, 0.05) is 25.4 Å². The summed E-state index contributed by atoms with van der Waals surface area (Å²) in [6, 6.07) is 15.2. The second-order valence-electron chi connectivity index (χ2n) is 8.82. The molecule has 2 aromatic rings. The summed E-state index contributed by atoms with van der Waals surface area (Å²) in [6.07, 6.45) is -0.567. The predicted octanol–water partition coefficient (Wildman–Crippen LogP) is 3.49. The van der Waals surface area contributed by atoms with Crippen molar-refractivity contribution in [2.45, 2.75) is 32.2 Å². The van der Waals surface area contributed by atoms with Crippen LogP contribution in [0.25, 0.3) is 11.1 Å². The third-order valence-corrected chi connectivity index (χ3v) is 6.66. The number of likely N-dealkylation sites (tertiary alicyclic amines) is 1. The number of aliphatic carboxylic acids is 1. The Kier molecular flexibility index (Phi) is 6.87. The lowest BCUT2D eigenvalue weighted by atomic mass is 9.98. The summed E-state index contributed by atoms with van der Waals surface area (Å²) in [5, 5.41) is 12.0. The fraction of sp³-hybridized carbons (Fsp3) is 0.370. The molecular weight excluding hydrogens is 432 g/mol. The maximum atomic E-state index is 13.1. The molecule has 1 saturated heterocycles. The number of rotatable bonds is 6. The number of nitrogens with zero attached hydrogens (tertiary/aromatic N) is 1. The van der Waals surface area contributed by atoms with Crippen molar-refractivity contribution in [3.63, 3.8) is 0 Å². The van der Waals surface area contributed by atoms with Gasteiger partial charge < -0.3 is 20.1 Å². The molecule has 0 bridgehead atoms. The predicted molar refractivity (Wildman–Crippen MR) is 127 cm³/mol. The van der Waals surface area contributed by atoms with E-state index >= 15 is 0 Å². The van der Waals surface area contributed by atoms with E-state index in [1.807, 2.05) is 43.3 Å². The van der Waals surface area contributed by atoms with Gasteiger partial charge in [-0.15, -0.1) is 11.8 Å². The third kappa shape index (κ3) is 4.62. The van der Waals surface area contributed by atoms with Gasteiger partial charge in [-0.1, -0.05) is 55.5 Å². The van der Waals surface area contributed by atoms with Crippen LogP contribution in [0.15, 0.2) is 48.5 Å². The SMILES string of the molecule is CC#CCC(NC(=O)OCC1c2ccccc2-c2ccccc21)C(=O)N1C[C@H](C(=O)O)[C@@H](C)C1. The van der Waals surface area contributed by atoms with Gasteiger partial charge in [0.25, 0.3) is 0 Å². The number of hydrogen-bond donors (Lipinski definition) is 2. The molecule has 0 spiro atoms. The summed E-state index contributed by atoms with van der Waals surface area (Å²) >= 11 is 0. The third-order valence-electron chi connectivity index (χ3n) is 6.66. The van der Waals surface area contributed by atoms with Crippen LogP contribution in [-0.4, -0.2) is 53.7 Å². The van der Waals surface area contributed by atoms with E-state index in [1.54, 1.807) is 6.92 Å². The molecule has 0 radical (unpaired) electrons. The maximum Gasteiger partial charge on any atom is 0.407 e. The van der Waals surface area contributed by atoms with Crippen LogP contribution in [0.3, 0.4) is 0 Å². The van der Waals surface area contributed by atoms with Crippen LogP contribution in [-0.2, 0) is 14.3 Å². The molecule has 3 atom stereocenters. The summed E-state index contributed by atoms with van der Waals surface area (Å²) in [7, 11) is 0. The molecule has 1 aliphatic carbocycles. The highest BCUT2D eigenvalue weighted by Crippen LogP contribution is 2.44. The number of carboxylic acids is 1. The molecule has 4 rings (SSSR count). The smallest absolute Gasteiger partial charge is 0.407 e. The van der Waals surface area contributed by atoms with E-state index in [9.17, 15) is 19.5 Å². The van der Waals surface area contributed by atoms with Crippen LogP contribution in [0.5, 0.6) is 0 Å². The number of nitrogens with one attached hydrogen (secondary N) is 1. The van der Waals surface area contributed by atoms with Crippen molar-refractivity contribution in [3.05, 3.63) is 59.7 Å². The van der Waals surface area contributed by atoms with Gasteiger partial charge in [-0.05, 0) is 35.1 Å². The molecule has 7 nitrogen and oxygen atoms in total. The van der Waals surface area contributed by atoms with Crippen molar-refractivity contribution in [3.8, 4) is 23.0 Å². The molecule has 7 heteroatoms. The van der Waals surface area contributed by atoms with Gasteiger partial charge in [0.2, 0.25) is 5.91 Å². The van der Waals surface area contributed by atoms with Crippen molar-refractivity contribution in [2.75, 3.05) is 19.7 Å². The van der Waals surface area contributed by atoms with Crippen LogP contribution < -0.4 is 5.32 Å². The minimum absolute atomic E-state index is 0.0847. The van der Waals surface area contributed by atoms with Crippen molar-refractivity contribution in [1.82, 2.24) is 10.2 Å². The number of fused-ring (bicyclic) bond motifs is 3. The number of alkyl carbamates (subject to hydrolysis) is 1. The second kappa shape index (κ2) is 10.0. The molecule has 2 N–H and O–H groups in total. The van der Waals surface area contributed by atoms with Gasteiger partial charge >= 0.3 is 12.1 Å². The molecule has 176 valence electrons. The van der Waals surface area contributed by atoms with Crippen molar-refractivity contribution >= 4 is 18.0 Å². The molecule has 34 heavy (non-hydrogen) atoms. The lowest BCUT2D eigenvalue weighted by molar-refractivity contribution is -0.142. The van der Waals surface area contributed by atoms with Crippen LogP contribution in [0.2, 0.25) is 0 Å². The summed E-state index contributed by atoms with van der Waals surface area (Å²) in [4.78, 5) is 38.7. The van der Waals surface area contributed by atoms with E-state index in [0.29, 0.717) is 6.54 Å². The van der Waals surface area contributed by atoms with Gasteiger partial charge in [0.1, 0.15) is 12.6 Å². The first-order valence-electron chi connectivity index (χ1n) is 11.4. The average molecular weight is 461 g/mol. The molecule has 1 fully saturated rings. The van der Waals surface area contributed by atoms with E-state index in [2.05, 4.69) is 29.3 Å². The van der Waals surface area contributed by atoms with E-state index in [1.165, 1.54) is 4.90 Å². The number of carbonyl (C=O) groups excluding carboxylic acids is 2. The lowest BCUT2D eigenvalue weighted by Crippen LogP contribution is -2.48. The first-order valence-corrected chi connectivity index (χ1v) is 11.4. The fourth-order valence-corrected chi connectivity index (χ4v) is 4.88. The zero-order valence-electron chi connectivity index (χ0n) is 19.3. The molecule has 0 aromatic heterocycles. The average Bonchev–Trinajstić information content (AvgIpc) is 3.38. The molecule has 1 heterocycles. The van der Waals surface area contributed by atoms with Gasteiger partial charge in [0.05, 0.1) is 5.92 Å². The highest BCUT2D eigenvalue weighted by Gasteiger charge is 2.39. The van der Waals surface area contributed by atoms with Crippen LogP contribution in [0.1, 0.15) is 37.3 Å². The van der Waals surface area contributed by atoms with Crippen molar-refractivity contribution in [1.29, 1.82) is 0 Å². The fourth-order valence-electron chi connectivity index (χ4n) is 4.88. The van der Waals surface area contributed by atoms with E-state index in [-0.39, 0.29) is 37.3 Å². The van der Waals surface area contributed by atoms with Gasteiger partial charge in [0.15, 0.2) is 0 Å². The number of carbonyl (C=O) groups is 3. The van der Waals surface area contributed by atoms with E-state index < -0.39 is 24.0 Å². The summed E-state index contributed by atoms with van der Waals surface area (Å²) in [5.74, 6) is 3.47. The largest absolute Gasteiger partial charge is 0.481 e. The summed E-state index contributed by atoms with van der Waals surface area (Å²) in [6.45, 7) is 4.07. The molecule has 0 saturated carbocycles. The Morgan fingerprint density at radius 2 is 1.71 bits per heavy atom. The molecule has 2 aliphatic rings. The van der Waals surface area contributed by atoms with Gasteiger partial charge in [-0.3, -0.25) is 9.59 Å². The topological polar surface area (TPSA) is 95.9 Å². The Balaban J connectivity index is 1.42. The normalized spacial score (nSPS) is 19.4. The summed E-state index contributed by atoms with van der Waals surface area (Å²) in [5.41, 5.74) is 4.47. The number of carboxylic acid groups (broad SMARTS) is 1. The lowest BCUT2D eigenvalue weighted by Gasteiger charge is -2.23. The highest BCUT2D eigenvalue weighted by atomic mass is 16.5. The minimum atomic E-state index is -0.919. The zero-order valence-corrected chi connectivity index (χ0v) is 19.3. The molecule has 2 aromatic carbocycles. The van der Waals surface area contributed by atoms with Crippen LogP contribution in [0, 0.1) is 23.7 Å². The van der Waals surface area contributed by atoms with Gasteiger partial charge in [-0.2, -0.15) is 0 Å². The maximum absolute atomic E-state index is 13.1. The number of hydrogen-bond acceptors (Lipinski definition) is 4. The number of ether oxygens (including phenoxy) is 1. The standard InChI is InChI=1S/C27H28N2O5/c1-3-4-13-24(25(30)29-14-17(2)22(15-29)26(31)32)28-27(33)34-16-23-20-11-7-5-9-18(20)19-10-6-8-12-21(19)23/h5-12,17,22-24H,13-16H2,1-2H3,(H,28,33)(H,31,32)/t17-,22-,24?/m0/s1. The molecule has 1 unspecified atom stereocenters. The monoisotopic (exact) mass is 460 g/mol. The molecule has 1 aliphatic heterocycles. The van der Waals surface area contributed by atoms with E-state index in [4.69, 9.17) is 4.74 Å². The van der Waals surface area contributed by atoms with Crippen molar-refractivity contribution in [2.24, 2.45) is 11.8 Å². The first-order chi connectivity index (χ1) is 16.4. The highest BCUT2D eigenvalue weighted by molar-refractivity contribution is 5.87. The first kappa shape index (κ1) is 23.4. The van der Waals surface area contributed by atoms with Gasteiger partial charge in [-0.25, -0.2) is 4.79 Å². The Morgan fingerprint density at radius 3 is 2.26 bits per heavy atom. The minimum Gasteiger partial charge on any atom is -0.481 e. The van der Waals surface area contributed by atoms with Crippen LogP contribution >= 0.6 is 0 Å². The van der Waals surface area contributed by atoms with E-state index in [0.717, 1.165) is 22.3 Å². The molecular formula is C27H28N2O5. The number of amides is 2. The van der Waals surface area contributed by atoms with Crippen molar-refractivity contribution < 1.29 is 24.2 Å². The Bertz CT molecular complexity index is 1120. The Labute approximate surface area is 199 Å². The number of benzene rings is 2. The second-order valence-corrected chi connectivity index (χ2v) is 8.82.